The van der Waals surface area contributed by atoms with Gasteiger partial charge in [0, 0.05) is 12.8 Å². The summed E-state index contributed by atoms with van der Waals surface area (Å²) in [5.74, 6) is -0.471. The predicted octanol–water partition coefficient (Wildman–Crippen LogP) is 3.32. The molecule has 0 atom stereocenters. The van der Waals surface area contributed by atoms with Crippen molar-refractivity contribution in [1.29, 1.82) is 0 Å². The summed E-state index contributed by atoms with van der Waals surface area (Å²) in [4.78, 5) is 25.7. The van der Waals surface area contributed by atoms with Crippen LogP contribution in [-0.2, 0) is 46.4 Å². The monoisotopic (exact) mass is 377 g/mol. The van der Waals surface area contributed by atoms with Crippen LogP contribution in [0, 0.1) is 0 Å². The Morgan fingerprint density at radius 3 is 2.32 bits per heavy atom. The lowest BCUT2D eigenvalue weighted by Crippen LogP contribution is -2.56. The molecule has 2 aliphatic carbocycles. The Kier molecular flexibility index (Phi) is 5.21. The lowest BCUT2D eigenvalue weighted by molar-refractivity contribution is -0.153. The van der Waals surface area contributed by atoms with Crippen molar-refractivity contribution in [1.82, 2.24) is 5.32 Å². The van der Waals surface area contributed by atoms with Crippen molar-refractivity contribution in [3.05, 3.63) is 70.3 Å². The zero-order valence-electron chi connectivity index (χ0n) is 16.4. The van der Waals surface area contributed by atoms with Gasteiger partial charge >= 0.3 is 5.97 Å². The molecule has 146 valence electrons. The molecule has 0 spiro atoms. The quantitative estimate of drug-likeness (QED) is 0.814. The molecule has 0 bridgehead atoms. The molecule has 1 amide bonds. The first-order valence-corrected chi connectivity index (χ1v) is 10.3. The first kappa shape index (κ1) is 18.7. The fourth-order valence-corrected chi connectivity index (χ4v) is 4.56. The Morgan fingerprint density at radius 2 is 1.64 bits per heavy atom. The lowest BCUT2D eigenvalue weighted by atomic mass is 9.89. The summed E-state index contributed by atoms with van der Waals surface area (Å²) in [5, 5.41) is 3.04. The molecular formula is C24H27NO3. The SMILES string of the molecule is CCOC(=O)C1(NC(=O)Cc2ccc3c(c2)CCCC3)Cc2ccccc2C1. The van der Waals surface area contributed by atoms with E-state index in [-0.39, 0.29) is 18.3 Å². The largest absolute Gasteiger partial charge is 0.464 e. The molecule has 0 saturated heterocycles. The minimum absolute atomic E-state index is 0.128. The molecule has 4 heteroatoms. The van der Waals surface area contributed by atoms with E-state index in [9.17, 15) is 9.59 Å². The Bertz CT molecular complexity index is 877. The normalized spacial score (nSPS) is 16.8. The first-order chi connectivity index (χ1) is 13.6. The fourth-order valence-electron chi connectivity index (χ4n) is 4.56. The first-order valence-electron chi connectivity index (χ1n) is 10.3. The van der Waals surface area contributed by atoms with Crippen LogP contribution in [0.5, 0.6) is 0 Å². The van der Waals surface area contributed by atoms with Gasteiger partial charge in [0.2, 0.25) is 5.91 Å². The number of amides is 1. The van der Waals surface area contributed by atoms with Gasteiger partial charge in [0.1, 0.15) is 5.54 Å². The van der Waals surface area contributed by atoms with Crippen LogP contribution in [0.4, 0.5) is 0 Å². The van der Waals surface area contributed by atoms with Gasteiger partial charge in [0.15, 0.2) is 0 Å². The van der Waals surface area contributed by atoms with E-state index in [0.29, 0.717) is 19.4 Å². The topological polar surface area (TPSA) is 55.4 Å². The maximum absolute atomic E-state index is 12.9. The minimum atomic E-state index is -0.995. The Labute approximate surface area is 166 Å². The molecule has 0 fully saturated rings. The number of rotatable bonds is 5. The van der Waals surface area contributed by atoms with E-state index >= 15 is 0 Å². The number of benzene rings is 2. The Hall–Kier alpha value is -2.62. The lowest BCUT2D eigenvalue weighted by Gasteiger charge is -2.28. The smallest absolute Gasteiger partial charge is 0.332 e. The third-order valence-corrected chi connectivity index (χ3v) is 5.93. The number of ether oxygens (including phenoxy) is 1. The van der Waals surface area contributed by atoms with Crippen molar-refractivity contribution in [2.45, 2.75) is 57.4 Å². The molecule has 1 N–H and O–H groups in total. The van der Waals surface area contributed by atoms with Crippen LogP contribution < -0.4 is 5.32 Å². The highest BCUT2D eigenvalue weighted by Crippen LogP contribution is 2.31. The summed E-state index contributed by atoms with van der Waals surface area (Å²) in [5.41, 5.74) is 4.99. The average molecular weight is 377 g/mol. The maximum atomic E-state index is 12.9. The van der Waals surface area contributed by atoms with Crippen LogP contribution in [0.15, 0.2) is 42.5 Å². The number of aryl methyl sites for hydroxylation is 2. The maximum Gasteiger partial charge on any atom is 0.332 e. The van der Waals surface area contributed by atoms with Crippen molar-refractivity contribution in [3.63, 3.8) is 0 Å². The molecule has 2 aromatic rings. The molecule has 4 nitrogen and oxygen atoms in total. The number of hydrogen-bond donors (Lipinski definition) is 1. The number of fused-ring (bicyclic) bond motifs is 2. The summed E-state index contributed by atoms with van der Waals surface area (Å²) in [7, 11) is 0. The van der Waals surface area contributed by atoms with Crippen LogP contribution in [0.1, 0.15) is 47.6 Å². The van der Waals surface area contributed by atoms with Gasteiger partial charge in [0.05, 0.1) is 13.0 Å². The van der Waals surface area contributed by atoms with Gasteiger partial charge in [-0.15, -0.1) is 0 Å². The summed E-state index contributed by atoms with van der Waals surface area (Å²) in [6.45, 7) is 2.10. The highest BCUT2D eigenvalue weighted by Gasteiger charge is 2.46. The summed E-state index contributed by atoms with van der Waals surface area (Å²) < 4.78 is 5.33. The zero-order chi connectivity index (χ0) is 19.6. The van der Waals surface area contributed by atoms with E-state index in [0.717, 1.165) is 29.5 Å². The third kappa shape index (κ3) is 3.68. The zero-order valence-corrected chi connectivity index (χ0v) is 16.4. The second-order valence-electron chi connectivity index (χ2n) is 7.96. The molecular weight excluding hydrogens is 350 g/mol. The highest BCUT2D eigenvalue weighted by molar-refractivity contribution is 5.90. The van der Waals surface area contributed by atoms with Crippen LogP contribution in [0.3, 0.4) is 0 Å². The number of carbonyl (C=O) groups excluding carboxylic acids is 2. The standard InChI is InChI=1S/C24H27NO3/c1-2-28-23(27)24(15-20-9-5-6-10-21(20)16-24)25-22(26)14-17-11-12-18-7-3-4-8-19(18)13-17/h5-6,9-13H,2-4,7-8,14-16H2,1H3,(H,25,26). The number of hydrogen-bond acceptors (Lipinski definition) is 3. The molecule has 28 heavy (non-hydrogen) atoms. The molecule has 2 aromatic carbocycles. The van der Waals surface area contributed by atoms with Crippen LogP contribution in [-0.4, -0.2) is 24.0 Å². The summed E-state index contributed by atoms with van der Waals surface area (Å²) in [6.07, 6.45) is 5.93. The van der Waals surface area contributed by atoms with Crippen molar-refractivity contribution in [2.75, 3.05) is 6.61 Å². The van der Waals surface area contributed by atoms with Crippen LogP contribution in [0.2, 0.25) is 0 Å². The summed E-state index contributed by atoms with van der Waals surface area (Å²) in [6, 6.07) is 14.3. The molecule has 0 heterocycles. The van der Waals surface area contributed by atoms with Crippen LogP contribution >= 0.6 is 0 Å². The van der Waals surface area contributed by atoms with Gasteiger partial charge in [0.25, 0.3) is 0 Å². The van der Waals surface area contributed by atoms with Crippen molar-refractivity contribution >= 4 is 11.9 Å². The van der Waals surface area contributed by atoms with Crippen molar-refractivity contribution < 1.29 is 14.3 Å². The highest BCUT2D eigenvalue weighted by atomic mass is 16.5. The van der Waals surface area contributed by atoms with Gasteiger partial charge in [-0.3, -0.25) is 4.79 Å². The van der Waals surface area contributed by atoms with Crippen molar-refractivity contribution in [3.8, 4) is 0 Å². The summed E-state index contributed by atoms with van der Waals surface area (Å²) >= 11 is 0. The molecule has 0 radical (unpaired) electrons. The second kappa shape index (κ2) is 7.78. The molecule has 4 rings (SSSR count). The van der Waals surface area contributed by atoms with E-state index < -0.39 is 5.54 Å². The van der Waals surface area contributed by atoms with Crippen LogP contribution in [0.25, 0.3) is 0 Å². The molecule has 0 aliphatic heterocycles. The molecule has 2 aliphatic rings. The van der Waals surface area contributed by atoms with Gasteiger partial charge in [-0.05, 0) is 60.4 Å². The van der Waals surface area contributed by atoms with Gasteiger partial charge in [-0.2, -0.15) is 0 Å². The average Bonchev–Trinajstić information content (AvgIpc) is 3.07. The van der Waals surface area contributed by atoms with E-state index in [1.54, 1.807) is 6.92 Å². The molecule has 0 unspecified atom stereocenters. The van der Waals surface area contributed by atoms with E-state index in [1.807, 2.05) is 30.3 Å². The van der Waals surface area contributed by atoms with Gasteiger partial charge < -0.3 is 10.1 Å². The number of carbonyl (C=O) groups is 2. The van der Waals surface area contributed by atoms with Crippen molar-refractivity contribution in [2.24, 2.45) is 0 Å². The van der Waals surface area contributed by atoms with Gasteiger partial charge in [-0.1, -0.05) is 42.5 Å². The third-order valence-electron chi connectivity index (χ3n) is 5.93. The predicted molar refractivity (Wildman–Crippen MR) is 108 cm³/mol. The van der Waals surface area contributed by atoms with E-state index in [4.69, 9.17) is 4.74 Å². The number of esters is 1. The number of nitrogens with one attached hydrogen (secondary N) is 1. The minimum Gasteiger partial charge on any atom is -0.464 e. The van der Waals surface area contributed by atoms with E-state index in [1.165, 1.54) is 24.0 Å². The Balaban J connectivity index is 1.51. The molecule has 0 saturated carbocycles. The molecule has 0 aromatic heterocycles. The van der Waals surface area contributed by atoms with E-state index in [2.05, 4.69) is 17.4 Å². The Morgan fingerprint density at radius 1 is 0.964 bits per heavy atom. The fraction of sp³-hybridized carbons (Fsp3) is 0.417. The second-order valence-corrected chi connectivity index (χ2v) is 7.96. The van der Waals surface area contributed by atoms with Gasteiger partial charge in [-0.25, -0.2) is 4.79 Å².